The molecule has 1 aliphatic rings. The Labute approximate surface area is 132 Å². The first-order valence-corrected chi connectivity index (χ1v) is 7.98. The van der Waals surface area contributed by atoms with Crippen LogP contribution in [0.25, 0.3) is 0 Å². The van der Waals surface area contributed by atoms with E-state index in [4.69, 9.17) is 4.74 Å². The molecule has 0 saturated carbocycles. The average Bonchev–Trinajstić information content (AvgIpc) is 2.90. The van der Waals surface area contributed by atoms with Gasteiger partial charge in [0.1, 0.15) is 18.2 Å². The molecular weight excluding hydrogens is 303 g/mol. The number of halogens is 1. The Morgan fingerprint density at radius 1 is 1.45 bits per heavy atom. The Morgan fingerprint density at radius 3 is 3.05 bits per heavy atom. The minimum absolute atomic E-state index is 0.244. The summed E-state index contributed by atoms with van der Waals surface area (Å²) in [6.45, 7) is 2.35. The second-order valence-electron chi connectivity index (χ2n) is 4.84. The second-order valence-corrected chi connectivity index (χ2v) is 6.12. The molecular formula is C16H15FN2O2S. The summed E-state index contributed by atoms with van der Waals surface area (Å²) < 4.78 is 18.8. The fraction of sp³-hybridized carbons (Fsp3) is 0.250. The van der Waals surface area contributed by atoms with Gasteiger partial charge in [-0.1, -0.05) is 6.92 Å². The Morgan fingerprint density at radius 2 is 2.32 bits per heavy atom. The van der Waals surface area contributed by atoms with Crippen LogP contribution in [0.3, 0.4) is 0 Å². The Kier molecular flexibility index (Phi) is 4.29. The number of fused-ring (bicyclic) bond motifs is 1. The van der Waals surface area contributed by atoms with Crippen LogP contribution in [0.2, 0.25) is 0 Å². The first-order chi connectivity index (χ1) is 10.7. The number of carbonyl (C=O) groups excluding carboxylic acids is 1. The van der Waals surface area contributed by atoms with E-state index in [0.717, 1.165) is 10.8 Å². The van der Waals surface area contributed by atoms with Gasteiger partial charge in [0.25, 0.3) is 5.91 Å². The van der Waals surface area contributed by atoms with Crippen molar-refractivity contribution in [2.45, 2.75) is 18.0 Å². The predicted molar refractivity (Wildman–Crippen MR) is 82.7 cm³/mol. The Balaban J connectivity index is 1.72. The van der Waals surface area contributed by atoms with Crippen molar-refractivity contribution in [3.05, 3.63) is 53.5 Å². The van der Waals surface area contributed by atoms with Gasteiger partial charge in [0.2, 0.25) is 0 Å². The van der Waals surface area contributed by atoms with Crippen molar-refractivity contribution < 1.29 is 13.9 Å². The van der Waals surface area contributed by atoms with Crippen LogP contribution in [0.1, 0.15) is 28.9 Å². The molecule has 4 nitrogen and oxygen atoms in total. The SMILES string of the molecule is CCSc1ccc(C(=O)NC2COc3ccc(F)cc32)cn1. The fourth-order valence-electron chi connectivity index (χ4n) is 2.29. The van der Waals surface area contributed by atoms with Crippen LogP contribution in [-0.2, 0) is 0 Å². The van der Waals surface area contributed by atoms with Crippen LogP contribution in [-0.4, -0.2) is 23.3 Å². The normalized spacial score (nSPS) is 16.0. The van der Waals surface area contributed by atoms with Crippen molar-refractivity contribution in [3.8, 4) is 5.75 Å². The molecule has 0 bridgehead atoms. The number of hydrogen-bond donors (Lipinski definition) is 1. The van der Waals surface area contributed by atoms with Gasteiger partial charge in [-0.05, 0) is 36.1 Å². The van der Waals surface area contributed by atoms with Gasteiger partial charge < -0.3 is 10.1 Å². The first-order valence-electron chi connectivity index (χ1n) is 6.99. The summed E-state index contributed by atoms with van der Waals surface area (Å²) in [4.78, 5) is 16.5. The largest absolute Gasteiger partial charge is 0.491 e. The zero-order valence-corrected chi connectivity index (χ0v) is 12.8. The van der Waals surface area contributed by atoms with Gasteiger partial charge in [0.05, 0.1) is 16.6 Å². The quantitative estimate of drug-likeness (QED) is 0.880. The maximum Gasteiger partial charge on any atom is 0.253 e. The molecule has 0 radical (unpaired) electrons. The molecule has 1 N–H and O–H groups in total. The molecule has 3 rings (SSSR count). The fourth-order valence-corrected chi connectivity index (χ4v) is 2.88. The summed E-state index contributed by atoms with van der Waals surface area (Å²) in [5.74, 6) is 0.956. The number of aromatic nitrogens is 1. The lowest BCUT2D eigenvalue weighted by molar-refractivity contribution is 0.0930. The summed E-state index contributed by atoms with van der Waals surface area (Å²) in [5.41, 5.74) is 1.14. The molecule has 114 valence electrons. The van der Waals surface area contributed by atoms with E-state index in [1.54, 1.807) is 30.1 Å². The maximum absolute atomic E-state index is 13.3. The zero-order chi connectivity index (χ0) is 15.5. The summed E-state index contributed by atoms with van der Waals surface area (Å²) in [7, 11) is 0. The van der Waals surface area contributed by atoms with Crippen LogP contribution in [0.4, 0.5) is 4.39 Å². The summed E-state index contributed by atoms with van der Waals surface area (Å²) in [6.07, 6.45) is 1.55. The summed E-state index contributed by atoms with van der Waals surface area (Å²) >= 11 is 1.62. The van der Waals surface area contributed by atoms with Crippen molar-refractivity contribution in [3.63, 3.8) is 0 Å². The van der Waals surface area contributed by atoms with Gasteiger partial charge in [-0.25, -0.2) is 9.37 Å². The van der Waals surface area contributed by atoms with Crippen LogP contribution in [0.5, 0.6) is 5.75 Å². The lowest BCUT2D eigenvalue weighted by atomic mass is 10.1. The van der Waals surface area contributed by atoms with Crippen molar-refractivity contribution in [1.29, 1.82) is 0 Å². The van der Waals surface area contributed by atoms with Crippen LogP contribution in [0.15, 0.2) is 41.6 Å². The maximum atomic E-state index is 13.3. The molecule has 1 aromatic heterocycles. The van der Waals surface area contributed by atoms with E-state index in [2.05, 4.69) is 10.3 Å². The molecule has 1 aromatic carbocycles. The number of amides is 1. The third kappa shape index (κ3) is 3.06. The molecule has 1 atom stereocenters. The Hall–Kier alpha value is -2.08. The summed E-state index contributed by atoms with van der Waals surface area (Å²) in [6, 6.07) is 7.53. The lowest BCUT2D eigenvalue weighted by Gasteiger charge is -2.12. The van der Waals surface area contributed by atoms with E-state index in [-0.39, 0.29) is 17.8 Å². The zero-order valence-electron chi connectivity index (χ0n) is 12.0. The highest BCUT2D eigenvalue weighted by Crippen LogP contribution is 2.32. The van der Waals surface area contributed by atoms with Crippen LogP contribution < -0.4 is 10.1 Å². The molecule has 22 heavy (non-hydrogen) atoms. The second kappa shape index (κ2) is 6.36. The number of carbonyl (C=O) groups is 1. The lowest BCUT2D eigenvalue weighted by Crippen LogP contribution is -2.29. The molecule has 2 aromatic rings. The van der Waals surface area contributed by atoms with Crippen LogP contribution in [0, 0.1) is 5.82 Å². The first kappa shape index (κ1) is 14.8. The van der Waals surface area contributed by atoms with Gasteiger partial charge in [-0.2, -0.15) is 0 Å². The van der Waals surface area contributed by atoms with E-state index in [1.807, 2.05) is 13.0 Å². The van der Waals surface area contributed by atoms with Gasteiger partial charge in [0, 0.05) is 11.8 Å². The number of pyridine rings is 1. The number of ether oxygens (including phenoxy) is 1. The molecule has 1 amide bonds. The third-order valence-electron chi connectivity index (χ3n) is 3.35. The molecule has 0 spiro atoms. The number of thioether (sulfide) groups is 1. The molecule has 6 heteroatoms. The van der Waals surface area contributed by atoms with E-state index >= 15 is 0 Å². The highest BCUT2D eigenvalue weighted by atomic mass is 32.2. The average molecular weight is 318 g/mol. The standard InChI is InChI=1S/C16H15FN2O2S/c1-2-22-15-6-3-10(8-18-15)16(20)19-13-9-21-14-5-4-11(17)7-12(13)14/h3-8,13H,2,9H2,1H3,(H,19,20). The molecule has 2 heterocycles. The highest BCUT2D eigenvalue weighted by molar-refractivity contribution is 7.99. The van der Waals surface area contributed by atoms with E-state index in [0.29, 0.717) is 23.5 Å². The Bertz CT molecular complexity index is 691. The number of nitrogens with one attached hydrogen (secondary N) is 1. The van der Waals surface area contributed by atoms with E-state index in [1.165, 1.54) is 12.1 Å². The molecule has 0 aliphatic carbocycles. The molecule has 1 aliphatic heterocycles. The number of nitrogens with zero attached hydrogens (tertiary/aromatic N) is 1. The van der Waals surface area contributed by atoms with Gasteiger partial charge in [0.15, 0.2) is 0 Å². The van der Waals surface area contributed by atoms with Crippen molar-refractivity contribution in [2.24, 2.45) is 0 Å². The van der Waals surface area contributed by atoms with E-state index in [9.17, 15) is 9.18 Å². The summed E-state index contributed by atoms with van der Waals surface area (Å²) in [5, 5.41) is 3.74. The number of hydrogen-bond acceptors (Lipinski definition) is 4. The smallest absolute Gasteiger partial charge is 0.253 e. The highest BCUT2D eigenvalue weighted by Gasteiger charge is 2.26. The monoisotopic (exact) mass is 318 g/mol. The molecule has 1 unspecified atom stereocenters. The molecule has 0 fully saturated rings. The van der Waals surface area contributed by atoms with Gasteiger partial charge >= 0.3 is 0 Å². The third-order valence-corrected chi connectivity index (χ3v) is 4.17. The van der Waals surface area contributed by atoms with Crippen molar-refractivity contribution in [1.82, 2.24) is 10.3 Å². The minimum atomic E-state index is -0.345. The number of benzene rings is 1. The van der Waals surface area contributed by atoms with Crippen LogP contribution >= 0.6 is 11.8 Å². The van der Waals surface area contributed by atoms with Gasteiger partial charge in [-0.3, -0.25) is 4.79 Å². The molecule has 0 saturated heterocycles. The number of rotatable bonds is 4. The van der Waals surface area contributed by atoms with Gasteiger partial charge in [-0.15, -0.1) is 11.8 Å². The van der Waals surface area contributed by atoms with Crippen molar-refractivity contribution in [2.75, 3.05) is 12.4 Å². The minimum Gasteiger partial charge on any atom is -0.491 e. The van der Waals surface area contributed by atoms with E-state index < -0.39 is 0 Å². The predicted octanol–water partition coefficient (Wildman–Crippen LogP) is 3.20. The topological polar surface area (TPSA) is 51.2 Å². The van der Waals surface area contributed by atoms with Crippen molar-refractivity contribution >= 4 is 17.7 Å².